The first kappa shape index (κ1) is 55.4. The van der Waals surface area contributed by atoms with Crippen molar-refractivity contribution < 1.29 is 0 Å². The smallest absolute Gasteiger partial charge is 0.00578 e. The minimum Gasteiger partial charge on any atom is -0.0992 e. The van der Waals surface area contributed by atoms with Crippen LogP contribution in [0.2, 0.25) is 0 Å². The molecule has 0 bridgehead atoms. The quantitative estimate of drug-likeness (QED) is 0.136. The van der Waals surface area contributed by atoms with Gasteiger partial charge in [-0.2, -0.15) is 0 Å². The van der Waals surface area contributed by atoms with Crippen molar-refractivity contribution in [1.82, 2.24) is 0 Å². The molecule has 3 atom stereocenters. The highest BCUT2D eigenvalue weighted by Gasteiger charge is 2.32. The van der Waals surface area contributed by atoms with Crippen molar-refractivity contribution in [1.29, 1.82) is 0 Å². The highest BCUT2D eigenvalue weighted by molar-refractivity contribution is 5.73. The van der Waals surface area contributed by atoms with Gasteiger partial charge in [-0.05, 0) is 384 Å². The molecule has 5 aromatic rings. The van der Waals surface area contributed by atoms with E-state index in [1.54, 1.807) is 134 Å². The molecule has 406 valence electrons. The molecule has 0 N–H and O–H groups in total. The highest BCUT2D eigenvalue weighted by Crippen LogP contribution is 2.45. The van der Waals surface area contributed by atoms with Crippen molar-refractivity contribution in [2.75, 3.05) is 0 Å². The van der Waals surface area contributed by atoms with Gasteiger partial charge in [-0.3, -0.25) is 0 Å². The van der Waals surface area contributed by atoms with Crippen molar-refractivity contribution in [2.45, 2.75) is 227 Å². The van der Waals surface area contributed by atoms with E-state index >= 15 is 0 Å². The summed E-state index contributed by atoms with van der Waals surface area (Å²) in [6.45, 7) is 50.1. The predicted molar refractivity (Wildman–Crippen MR) is 335 cm³/mol. The van der Waals surface area contributed by atoms with Crippen LogP contribution in [0.25, 0.3) is 12.2 Å². The molecule has 0 aliphatic heterocycles. The molecule has 0 heteroatoms. The number of allylic oxidation sites excluding steroid dienone is 4. The van der Waals surface area contributed by atoms with Gasteiger partial charge in [0.1, 0.15) is 0 Å². The third-order valence-electron chi connectivity index (χ3n) is 21.2. The number of benzene rings is 5. The fourth-order valence-corrected chi connectivity index (χ4v) is 16.9. The zero-order chi connectivity index (χ0) is 55.4. The summed E-state index contributed by atoms with van der Waals surface area (Å²) in [6.07, 6.45) is 24.6. The first-order valence-electron chi connectivity index (χ1n) is 30.7. The van der Waals surface area contributed by atoms with Crippen molar-refractivity contribution in [3.63, 3.8) is 0 Å². The maximum absolute atomic E-state index is 4.15. The molecule has 5 aromatic carbocycles. The van der Waals surface area contributed by atoms with Crippen molar-refractivity contribution >= 4 is 12.2 Å². The zero-order valence-electron chi connectivity index (χ0n) is 51.8. The Balaban J connectivity index is 0.000000109. The number of hydrogen-bond acceptors (Lipinski definition) is 0. The topological polar surface area (TPSA) is 0 Å². The first-order chi connectivity index (χ1) is 36.4. The van der Waals surface area contributed by atoms with Crippen LogP contribution >= 0.6 is 0 Å². The van der Waals surface area contributed by atoms with E-state index < -0.39 is 0 Å². The summed E-state index contributed by atoms with van der Waals surface area (Å²) in [6, 6.07) is 2.34. The summed E-state index contributed by atoms with van der Waals surface area (Å²) in [7, 11) is 0. The first-order valence-corrected chi connectivity index (χ1v) is 30.7. The van der Waals surface area contributed by atoms with E-state index in [-0.39, 0.29) is 0 Å². The van der Waals surface area contributed by atoms with E-state index in [2.05, 4.69) is 156 Å². The van der Waals surface area contributed by atoms with Gasteiger partial charge in [0.25, 0.3) is 0 Å². The van der Waals surface area contributed by atoms with Crippen LogP contribution in [-0.4, -0.2) is 0 Å². The Labute approximate surface area is 469 Å². The van der Waals surface area contributed by atoms with Crippen molar-refractivity contribution in [3.8, 4) is 0 Å². The van der Waals surface area contributed by atoms with Crippen LogP contribution in [0.5, 0.6) is 0 Å². The summed E-state index contributed by atoms with van der Waals surface area (Å²) >= 11 is 0. The van der Waals surface area contributed by atoms with Crippen LogP contribution in [0.4, 0.5) is 0 Å². The number of fused-ring (bicyclic) bond motifs is 9. The van der Waals surface area contributed by atoms with Gasteiger partial charge in [0.15, 0.2) is 0 Å². The zero-order valence-corrected chi connectivity index (χ0v) is 51.8. The van der Waals surface area contributed by atoms with Crippen LogP contribution in [0, 0.1) is 106 Å². The molecule has 0 heterocycles. The Hall–Kier alpha value is -4.94. The third-order valence-corrected chi connectivity index (χ3v) is 21.2. The summed E-state index contributed by atoms with van der Waals surface area (Å²) in [5.74, 6) is 4.29. The summed E-state index contributed by atoms with van der Waals surface area (Å²) < 4.78 is 0. The second-order valence-electron chi connectivity index (χ2n) is 27.7. The van der Waals surface area contributed by atoms with Crippen LogP contribution in [0.3, 0.4) is 0 Å². The van der Waals surface area contributed by atoms with Crippen LogP contribution in [-0.2, 0) is 103 Å². The van der Waals surface area contributed by atoms with Crippen LogP contribution in [0.1, 0.15) is 210 Å². The fraction of sp³-hybridized carbons (Fsp3) is 0.506. The Bertz CT molecular complexity index is 3070. The molecule has 0 aromatic heterocycles. The van der Waals surface area contributed by atoms with Gasteiger partial charge in [-0.25, -0.2) is 0 Å². The van der Waals surface area contributed by atoms with E-state index in [9.17, 15) is 0 Å². The summed E-state index contributed by atoms with van der Waals surface area (Å²) in [4.78, 5) is 0. The number of hydrogen-bond donors (Lipinski definition) is 0. The molecular formula is C77H98. The fourth-order valence-electron chi connectivity index (χ4n) is 16.9. The number of aryl methyl sites for hydroxylation is 2. The lowest BCUT2D eigenvalue weighted by Crippen LogP contribution is -2.00. The van der Waals surface area contributed by atoms with Gasteiger partial charge in [-0.1, -0.05) is 88.3 Å². The van der Waals surface area contributed by atoms with Gasteiger partial charge in [0.2, 0.25) is 0 Å². The molecule has 0 saturated carbocycles. The SMILES string of the molecule is C=C1Cc2c(C)c3c(c(C)c2C1)CC(=C)C3.CC1=Cc2c(C)c3c(c(C)c2C1)CC(C)C3.CC1=Cc2c(C)c3c(c(C)c2C1)CC(C)C3.Cc1c2c(c(C)c3c1CC(C)C3)CC(C)C2.Cc1cc(C)c2c(c1C)CC(C)C2. The second-order valence-corrected chi connectivity index (χ2v) is 27.7. The maximum atomic E-state index is 4.15. The Kier molecular flexibility index (Phi) is 15.3. The van der Waals surface area contributed by atoms with E-state index in [0.29, 0.717) is 0 Å². The molecule has 3 unspecified atom stereocenters. The molecule has 9 aliphatic carbocycles. The maximum Gasteiger partial charge on any atom is -0.00578 e. The monoisotopic (exact) mass is 1020 g/mol. The van der Waals surface area contributed by atoms with E-state index in [0.717, 1.165) is 55.3 Å². The Morgan fingerprint density at radius 2 is 0.494 bits per heavy atom. The molecular weight excluding hydrogens is 925 g/mol. The van der Waals surface area contributed by atoms with Gasteiger partial charge < -0.3 is 0 Å². The lowest BCUT2D eigenvalue weighted by molar-refractivity contribution is 0.617. The lowest BCUT2D eigenvalue weighted by Gasteiger charge is -2.15. The summed E-state index contributed by atoms with van der Waals surface area (Å²) in [5, 5.41) is 0. The van der Waals surface area contributed by atoms with E-state index in [1.165, 1.54) is 127 Å². The minimum atomic E-state index is 0.847. The van der Waals surface area contributed by atoms with Crippen molar-refractivity contribution in [2.24, 2.45) is 29.6 Å². The van der Waals surface area contributed by atoms with Crippen molar-refractivity contribution in [3.05, 3.63) is 203 Å². The highest BCUT2D eigenvalue weighted by atomic mass is 14.4. The normalized spacial score (nSPS) is 20.5. The van der Waals surface area contributed by atoms with Gasteiger partial charge in [0, 0.05) is 0 Å². The molecule has 14 rings (SSSR count). The van der Waals surface area contributed by atoms with Gasteiger partial charge in [0.05, 0.1) is 0 Å². The molecule has 0 spiro atoms. The van der Waals surface area contributed by atoms with Crippen LogP contribution < -0.4 is 0 Å². The second kappa shape index (κ2) is 21.3. The average molecular weight is 1020 g/mol. The predicted octanol–water partition coefficient (Wildman–Crippen LogP) is 18.7. The molecule has 0 fully saturated rings. The minimum absolute atomic E-state index is 0.847. The molecule has 0 nitrogen and oxygen atoms in total. The molecule has 0 radical (unpaired) electrons. The Morgan fingerprint density at radius 1 is 0.260 bits per heavy atom. The van der Waals surface area contributed by atoms with Crippen LogP contribution in [0.15, 0.2) is 41.5 Å². The average Bonchev–Trinajstić information content (AvgIpc) is 4.25. The molecule has 9 aliphatic rings. The molecule has 0 saturated heterocycles. The largest absolute Gasteiger partial charge is 0.0992 e. The van der Waals surface area contributed by atoms with Gasteiger partial charge >= 0.3 is 0 Å². The third kappa shape index (κ3) is 10.1. The van der Waals surface area contributed by atoms with E-state index in [1.807, 2.05) is 0 Å². The molecule has 77 heavy (non-hydrogen) atoms. The van der Waals surface area contributed by atoms with Gasteiger partial charge in [-0.15, -0.1) is 0 Å². The molecule has 0 amide bonds. The Morgan fingerprint density at radius 3 is 0.792 bits per heavy atom. The number of rotatable bonds is 0. The lowest BCUT2D eigenvalue weighted by atomic mass is 9.90. The summed E-state index contributed by atoms with van der Waals surface area (Å²) in [5.41, 5.74) is 52.3. The van der Waals surface area contributed by atoms with E-state index in [4.69, 9.17) is 0 Å². The standard InChI is InChI=1S/C16H22.2C16H20.C16H18.C13H18/c4*1-9-5-13-11(3)15-7-10(2)8-16(15)12(4)14(13)6-9;1-8-5-12-10(3)7-9(2)11(4)13(12)6-8/h9-10H,5-8H2,1-4H3;2*5,10H,6-8H2,1-4H3;1-2,5-8H2,3-4H3;7-8H,5-6H2,1-4H3.